The summed E-state index contributed by atoms with van der Waals surface area (Å²) in [5.74, 6) is 0.587. The lowest BCUT2D eigenvalue weighted by Gasteiger charge is -2.31. The van der Waals surface area contributed by atoms with Crippen LogP contribution in [-0.4, -0.2) is 46.6 Å². The molecule has 21 heavy (non-hydrogen) atoms. The summed E-state index contributed by atoms with van der Waals surface area (Å²) in [5, 5.41) is 3.32. The summed E-state index contributed by atoms with van der Waals surface area (Å²) in [6, 6.07) is 0.447. The zero-order valence-electron chi connectivity index (χ0n) is 12.4. The summed E-state index contributed by atoms with van der Waals surface area (Å²) < 4.78 is 5.97. The van der Waals surface area contributed by atoms with Gasteiger partial charge in [0, 0.05) is 12.1 Å². The number of nitrogens with one attached hydrogen (secondary N) is 1. The molecule has 0 aliphatic carbocycles. The van der Waals surface area contributed by atoms with E-state index in [0.29, 0.717) is 18.4 Å². The highest BCUT2D eigenvalue weighted by molar-refractivity contribution is 5.44. The maximum atomic E-state index is 6.06. The van der Waals surface area contributed by atoms with Crippen LogP contribution < -0.4 is 15.8 Å². The molecule has 114 valence electrons. The van der Waals surface area contributed by atoms with E-state index in [1.807, 2.05) is 0 Å². The number of aromatic nitrogens is 2. The second-order valence-electron chi connectivity index (χ2n) is 6.45. The zero-order chi connectivity index (χ0) is 14.3. The average Bonchev–Trinajstić information content (AvgIpc) is 3.05. The van der Waals surface area contributed by atoms with Crippen LogP contribution in [0.15, 0.2) is 0 Å². The van der Waals surface area contributed by atoms with Gasteiger partial charge in [-0.05, 0) is 51.7 Å². The Morgan fingerprint density at radius 3 is 2.86 bits per heavy atom. The Kier molecular flexibility index (Phi) is 3.23. The molecule has 0 bridgehead atoms. The van der Waals surface area contributed by atoms with Gasteiger partial charge in [0.25, 0.3) is 0 Å². The van der Waals surface area contributed by atoms with E-state index in [1.54, 1.807) is 0 Å². The quantitative estimate of drug-likeness (QED) is 0.853. The molecule has 0 unspecified atom stereocenters. The minimum absolute atomic E-state index is 0.228. The summed E-state index contributed by atoms with van der Waals surface area (Å²) >= 11 is 0. The standard InChI is InChI=1S/C15H23N5O/c16-13-11-3-6-17-9-12(11)18-14(19-13)21-10-15-4-1-7-20(15)8-2-5-15/h17H,1-10H2,(H2,16,18,19). The Bertz CT molecular complexity index is 537. The number of fused-ring (bicyclic) bond motifs is 2. The summed E-state index contributed by atoms with van der Waals surface area (Å²) in [5.41, 5.74) is 8.37. The Morgan fingerprint density at radius 2 is 2.05 bits per heavy atom. The summed E-state index contributed by atoms with van der Waals surface area (Å²) in [7, 11) is 0. The van der Waals surface area contributed by atoms with Gasteiger partial charge in [0.2, 0.25) is 0 Å². The topological polar surface area (TPSA) is 76.3 Å². The maximum absolute atomic E-state index is 6.06. The lowest BCUT2D eigenvalue weighted by atomic mass is 9.95. The fourth-order valence-electron chi connectivity index (χ4n) is 4.09. The molecule has 0 saturated carbocycles. The molecule has 1 aromatic heterocycles. The van der Waals surface area contributed by atoms with Crippen molar-refractivity contribution in [2.24, 2.45) is 0 Å². The molecule has 0 spiro atoms. The molecule has 3 aliphatic rings. The summed E-state index contributed by atoms with van der Waals surface area (Å²) in [6.45, 7) is 4.81. The van der Waals surface area contributed by atoms with Crippen LogP contribution >= 0.6 is 0 Å². The van der Waals surface area contributed by atoms with Crippen molar-refractivity contribution in [1.29, 1.82) is 0 Å². The number of hydrogen-bond acceptors (Lipinski definition) is 6. The monoisotopic (exact) mass is 289 g/mol. The maximum Gasteiger partial charge on any atom is 0.318 e. The number of rotatable bonds is 3. The van der Waals surface area contributed by atoms with E-state index in [9.17, 15) is 0 Å². The molecule has 0 atom stereocenters. The first-order chi connectivity index (χ1) is 10.3. The second kappa shape index (κ2) is 5.10. The molecule has 0 aromatic carbocycles. The van der Waals surface area contributed by atoms with Gasteiger partial charge in [-0.1, -0.05) is 0 Å². The van der Waals surface area contributed by atoms with Crippen molar-refractivity contribution < 1.29 is 4.74 Å². The summed E-state index contributed by atoms with van der Waals surface area (Å²) in [4.78, 5) is 11.5. The molecule has 6 heteroatoms. The van der Waals surface area contributed by atoms with Gasteiger partial charge in [-0.3, -0.25) is 4.90 Å². The van der Waals surface area contributed by atoms with Gasteiger partial charge in [-0.25, -0.2) is 0 Å². The van der Waals surface area contributed by atoms with E-state index in [-0.39, 0.29) is 5.54 Å². The predicted molar refractivity (Wildman–Crippen MR) is 80.1 cm³/mol. The van der Waals surface area contributed by atoms with E-state index < -0.39 is 0 Å². The van der Waals surface area contributed by atoms with Crippen molar-refractivity contribution in [3.05, 3.63) is 11.3 Å². The highest BCUT2D eigenvalue weighted by atomic mass is 16.5. The molecular weight excluding hydrogens is 266 g/mol. The van der Waals surface area contributed by atoms with Crippen LogP contribution in [0.25, 0.3) is 0 Å². The van der Waals surface area contributed by atoms with Gasteiger partial charge < -0.3 is 15.8 Å². The minimum atomic E-state index is 0.228. The molecule has 6 nitrogen and oxygen atoms in total. The van der Waals surface area contributed by atoms with Gasteiger partial charge in [0.1, 0.15) is 12.4 Å². The first kappa shape index (κ1) is 13.3. The normalized spacial score (nSPS) is 23.8. The molecule has 3 N–H and O–H groups in total. The Morgan fingerprint density at radius 1 is 1.24 bits per heavy atom. The first-order valence-electron chi connectivity index (χ1n) is 8.01. The molecule has 4 heterocycles. The van der Waals surface area contributed by atoms with E-state index in [2.05, 4.69) is 20.2 Å². The van der Waals surface area contributed by atoms with Gasteiger partial charge in [0.15, 0.2) is 0 Å². The van der Waals surface area contributed by atoms with E-state index in [0.717, 1.165) is 30.8 Å². The van der Waals surface area contributed by atoms with Crippen LogP contribution in [0, 0.1) is 0 Å². The van der Waals surface area contributed by atoms with Crippen molar-refractivity contribution in [1.82, 2.24) is 20.2 Å². The van der Waals surface area contributed by atoms with Crippen molar-refractivity contribution in [2.75, 3.05) is 32.0 Å². The van der Waals surface area contributed by atoms with Crippen LogP contribution in [-0.2, 0) is 13.0 Å². The smallest absolute Gasteiger partial charge is 0.318 e. The molecule has 0 amide bonds. The third-order valence-corrected chi connectivity index (χ3v) is 5.23. The summed E-state index contributed by atoms with van der Waals surface area (Å²) in [6.07, 6.45) is 5.92. The average molecular weight is 289 g/mol. The predicted octanol–water partition coefficient (Wildman–Crippen LogP) is 0.712. The highest BCUT2D eigenvalue weighted by Gasteiger charge is 2.45. The fourth-order valence-corrected chi connectivity index (χ4v) is 4.09. The lowest BCUT2D eigenvalue weighted by Crippen LogP contribution is -2.43. The molecular formula is C15H23N5O. The molecule has 2 saturated heterocycles. The van der Waals surface area contributed by atoms with Gasteiger partial charge in [-0.15, -0.1) is 0 Å². The van der Waals surface area contributed by atoms with Crippen LogP contribution in [0.1, 0.15) is 36.9 Å². The number of hydrogen-bond donors (Lipinski definition) is 2. The van der Waals surface area contributed by atoms with Gasteiger partial charge in [-0.2, -0.15) is 9.97 Å². The largest absolute Gasteiger partial charge is 0.461 e. The number of nitrogens with zero attached hydrogens (tertiary/aromatic N) is 3. The number of nitrogens with two attached hydrogens (primary N) is 1. The lowest BCUT2D eigenvalue weighted by molar-refractivity contribution is 0.107. The van der Waals surface area contributed by atoms with Crippen LogP contribution in [0.2, 0.25) is 0 Å². The number of anilines is 1. The van der Waals surface area contributed by atoms with E-state index >= 15 is 0 Å². The van der Waals surface area contributed by atoms with Crippen LogP contribution in [0.5, 0.6) is 6.01 Å². The first-order valence-corrected chi connectivity index (χ1v) is 8.01. The van der Waals surface area contributed by atoms with Crippen molar-refractivity contribution >= 4 is 5.82 Å². The SMILES string of the molecule is Nc1nc(OCC23CCCN2CCC3)nc2c1CCNC2. The Hall–Kier alpha value is -1.40. The third-order valence-electron chi connectivity index (χ3n) is 5.23. The highest BCUT2D eigenvalue weighted by Crippen LogP contribution is 2.39. The minimum Gasteiger partial charge on any atom is -0.461 e. The van der Waals surface area contributed by atoms with E-state index in [4.69, 9.17) is 10.5 Å². The zero-order valence-corrected chi connectivity index (χ0v) is 12.4. The van der Waals surface area contributed by atoms with Crippen molar-refractivity contribution in [2.45, 2.75) is 44.2 Å². The number of nitrogen functional groups attached to an aromatic ring is 1. The molecule has 1 aromatic rings. The molecule has 0 radical (unpaired) electrons. The van der Waals surface area contributed by atoms with Gasteiger partial charge >= 0.3 is 6.01 Å². The Balaban J connectivity index is 1.51. The fraction of sp³-hybridized carbons (Fsp3) is 0.733. The van der Waals surface area contributed by atoms with E-state index in [1.165, 1.54) is 38.8 Å². The van der Waals surface area contributed by atoms with Gasteiger partial charge in [0.05, 0.1) is 11.2 Å². The third kappa shape index (κ3) is 2.26. The van der Waals surface area contributed by atoms with Crippen molar-refractivity contribution in [3.8, 4) is 6.01 Å². The van der Waals surface area contributed by atoms with Crippen molar-refractivity contribution in [3.63, 3.8) is 0 Å². The van der Waals surface area contributed by atoms with Crippen LogP contribution in [0.4, 0.5) is 5.82 Å². The molecule has 3 aliphatic heterocycles. The Labute approximate surface area is 125 Å². The number of ether oxygens (including phenoxy) is 1. The molecule has 4 rings (SSSR count). The van der Waals surface area contributed by atoms with Crippen LogP contribution in [0.3, 0.4) is 0 Å². The second-order valence-corrected chi connectivity index (χ2v) is 6.45. The molecule has 2 fully saturated rings.